The second-order valence-corrected chi connectivity index (χ2v) is 5.91. The molecule has 25 heavy (non-hydrogen) atoms. The van der Waals surface area contributed by atoms with Gasteiger partial charge in [0.2, 0.25) is 0 Å². The summed E-state index contributed by atoms with van der Waals surface area (Å²) >= 11 is 0. The van der Waals surface area contributed by atoms with Gasteiger partial charge in [0.15, 0.2) is 0 Å². The lowest BCUT2D eigenvalue weighted by Crippen LogP contribution is -2.48. The predicted octanol–water partition coefficient (Wildman–Crippen LogP) is 4.58. The van der Waals surface area contributed by atoms with Crippen LogP contribution in [0, 0.1) is 6.92 Å². The number of benzene rings is 1. The maximum absolute atomic E-state index is 10.5. The van der Waals surface area contributed by atoms with E-state index in [1.807, 2.05) is 59.6 Å². The standard InChI is InChI=1S/C16H23NO2.2C2H6.CH2O/c1-11-7-8-13-15(9-11)19-10-14(16(13)18)17-12-5-3-2-4-6-12;3*1-2/h7-9,12,14,16-18H,2-6,10H2,1H3;2*1-2H3;1H2. The zero-order valence-electron chi connectivity index (χ0n) is 16.7. The number of hydrogen-bond donors (Lipinski definition) is 2. The van der Waals surface area contributed by atoms with Crippen LogP contribution < -0.4 is 10.1 Å². The van der Waals surface area contributed by atoms with Crippen molar-refractivity contribution in [1.29, 1.82) is 0 Å². The zero-order valence-corrected chi connectivity index (χ0v) is 16.7. The van der Waals surface area contributed by atoms with Crippen molar-refractivity contribution in [1.82, 2.24) is 5.32 Å². The quantitative estimate of drug-likeness (QED) is 0.819. The maximum Gasteiger partial charge on any atom is 0.125 e. The Morgan fingerprint density at radius 2 is 1.68 bits per heavy atom. The van der Waals surface area contributed by atoms with Crippen molar-refractivity contribution in [3.63, 3.8) is 0 Å². The van der Waals surface area contributed by atoms with Gasteiger partial charge >= 0.3 is 0 Å². The highest BCUT2D eigenvalue weighted by Crippen LogP contribution is 2.33. The number of nitrogens with one attached hydrogen (secondary N) is 1. The van der Waals surface area contributed by atoms with E-state index in [1.165, 1.54) is 37.7 Å². The average molecular weight is 352 g/mol. The van der Waals surface area contributed by atoms with Crippen molar-refractivity contribution in [2.24, 2.45) is 0 Å². The van der Waals surface area contributed by atoms with Gasteiger partial charge in [-0.15, -0.1) is 0 Å². The van der Waals surface area contributed by atoms with Gasteiger partial charge in [0.25, 0.3) is 0 Å². The lowest BCUT2D eigenvalue weighted by molar-refractivity contribution is -0.0979. The molecule has 1 aliphatic carbocycles. The molecular weight excluding hydrogens is 314 g/mol. The van der Waals surface area contributed by atoms with Crippen molar-refractivity contribution in [2.75, 3.05) is 6.61 Å². The number of aliphatic hydroxyl groups excluding tert-OH is 1. The van der Waals surface area contributed by atoms with Crippen molar-refractivity contribution < 1.29 is 14.6 Å². The third-order valence-electron chi connectivity index (χ3n) is 4.34. The minimum absolute atomic E-state index is 0.0262. The van der Waals surface area contributed by atoms with E-state index >= 15 is 0 Å². The van der Waals surface area contributed by atoms with Crippen LogP contribution in [0.25, 0.3) is 0 Å². The molecule has 1 heterocycles. The fraction of sp³-hybridized carbons (Fsp3) is 0.667. The van der Waals surface area contributed by atoms with E-state index in [2.05, 4.69) is 5.32 Å². The number of rotatable bonds is 2. The van der Waals surface area contributed by atoms with E-state index < -0.39 is 6.10 Å². The van der Waals surface area contributed by atoms with Gasteiger partial charge in [-0.25, -0.2) is 0 Å². The highest BCUT2D eigenvalue weighted by atomic mass is 16.5. The highest BCUT2D eigenvalue weighted by molar-refractivity contribution is 5.40. The van der Waals surface area contributed by atoms with Gasteiger partial charge in [0, 0.05) is 11.6 Å². The van der Waals surface area contributed by atoms with Crippen LogP contribution in [0.1, 0.15) is 77.0 Å². The molecule has 0 bridgehead atoms. The van der Waals surface area contributed by atoms with Crippen LogP contribution in [0.15, 0.2) is 18.2 Å². The largest absolute Gasteiger partial charge is 0.491 e. The number of carbonyl (C=O) groups excluding carboxylic acids is 1. The lowest BCUT2D eigenvalue weighted by Gasteiger charge is -2.35. The summed E-state index contributed by atoms with van der Waals surface area (Å²) in [6.45, 7) is 12.6. The monoisotopic (exact) mass is 351 g/mol. The van der Waals surface area contributed by atoms with E-state index in [0.29, 0.717) is 12.6 Å². The fourth-order valence-corrected chi connectivity index (χ4v) is 3.21. The summed E-state index contributed by atoms with van der Waals surface area (Å²) in [5.74, 6) is 0.842. The number of aryl methyl sites for hydroxylation is 1. The van der Waals surface area contributed by atoms with Crippen molar-refractivity contribution in [2.45, 2.75) is 84.9 Å². The summed E-state index contributed by atoms with van der Waals surface area (Å²) in [5, 5.41) is 14.1. The van der Waals surface area contributed by atoms with Crippen LogP contribution in [0.2, 0.25) is 0 Å². The van der Waals surface area contributed by atoms with E-state index in [4.69, 9.17) is 9.53 Å². The number of carbonyl (C=O) groups is 1. The molecule has 2 atom stereocenters. The van der Waals surface area contributed by atoms with Gasteiger partial charge in [0.05, 0.1) is 6.04 Å². The predicted molar refractivity (Wildman–Crippen MR) is 105 cm³/mol. The summed E-state index contributed by atoms with van der Waals surface area (Å²) in [6.07, 6.45) is 5.96. The lowest BCUT2D eigenvalue weighted by atomic mass is 9.92. The Bertz CT molecular complexity index is 458. The second-order valence-electron chi connectivity index (χ2n) is 5.91. The minimum atomic E-state index is -0.453. The summed E-state index contributed by atoms with van der Waals surface area (Å²) in [7, 11) is 0. The summed E-state index contributed by atoms with van der Waals surface area (Å²) < 4.78 is 5.81. The first-order valence-electron chi connectivity index (χ1n) is 9.70. The maximum atomic E-state index is 10.5. The molecule has 3 rings (SSSR count). The molecule has 2 N–H and O–H groups in total. The van der Waals surface area contributed by atoms with Crippen LogP contribution in [-0.4, -0.2) is 30.6 Å². The molecule has 0 radical (unpaired) electrons. The normalized spacial score (nSPS) is 21.7. The molecule has 144 valence electrons. The van der Waals surface area contributed by atoms with Crippen LogP contribution in [0.4, 0.5) is 0 Å². The van der Waals surface area contributed by atoms with Crippen LogP contribution in [-0.2, 0) is 4.79 Å². The number of ether oxygens (including phenoxy) is 1. The molecule has 1 aromatic rings. The van der Waals surface area contributed by atoms with E-state index in [0.717, 1.165) is 11.3 Å². The van der Waals surface area contributed by atoms with Crippen molar-refractivity contribution in [3.8, 4) is 5.75 Å². The summed E-state index contributed by atoms with van der Waals surface area (Å²) in [4.78, 5) is 8.00. The number of hydrogen-bond acceptors (Lipinski definition) is 4. The van der Waals surface area contributed by atoms with Gasteiger partial charge in [0.1, 0.15) is 25.2 Å². The molecule has 1 fully saturated rings. The first-order valence-corrected chi connectivity index (χ1v) is 9.70. The molecule has 2 unspecified atom stereocenters. The minimum Gasteiger partial charge on any atom is -0.491 e. The molecule has 1 aliphatic heterocycles. The topological polar surface area (TPSA) is 58.6 Å². The van der Waals surface area contributed by atoms with E-state index in [-0.39, 0.29) is 6.04 Å². The van der Waals surface area contributed by atoms with Crippen LogP contribution in [0.5, 0.6) is 5.75 Å². The molecular formula is C21H37NO3. The van der Waals surface area contributed by atoms with Crippen LogP contribution >= 0.6 is 0 Å². The Labute approximate surface area is 154 Å². The first-order chi connectivity index (χ1) is 12.2. The SMILES string of the molecule is C=O.CC.CC.Cc1ccc2c(c1)OCC(NC1CCCCC1)C2O. The van der Waals surface area contributed by atoms with Gasteiger partial charge in [-0.2, -0.15) is 0 Å². The summed E-state index contributed by atoms with van der Waals surface area (Å²) in [5.41, 5.74) is 2.09. The molecule has 2 aliphatic rings. The smallest absolute Gasteiger partial charge is 0.125 e. The molecule has 0 amide bonds. The van der Waals surface area contributed by atoms with Crippen molar-refractivity contribution >= 4 is 6.79 Å². The highest BCUT2D eigenvalue weighted by Gasteiger charge is 2.31. The molecule has 0 aromatic heterocycles. The van der Waals surface area contributed by atoms with Crippen LogP contribution in [0.3, 0.4) is 0 Å². The molecule has 1 aromatic carbocycles. The third-order valence-corrected chi connectivity index (χ3v) is 4.34. The summed E-state index contributed by atoms with van der Waals surface area (Å²) in [6, 6.07) is 6.61. The Balaban J connectivity index is 0.000000871. The molecule has 0 saturated heterocycles. The van der Waals surface area contributed by atoms with Crippen molar-refractivity contribution in [3.05, 3.63) is 29.3 Å². The van der Waals surface area contributed by atoms with Gasteiger partial charge in [-0.05, 0) is 31.4 Å². The molecule has 1 saturated carbocycles. The Kier molecular flexibility index (Phi) is 13.1. The second kappa shape index (κ2) is 13.9. The van der Waals surface area contributed by atoms with Gasteiger partial charge < -0.3 is 20.0 Å². The Morgan fingerprint density at radius 1 is 1.08 bits per heavy atom. The molecule has 4 heteroatoms. The fourth-order valence-electron chi connectivity index (χ4n) is 3.21. The van der Waals surface area contributed by atoms with Gasteiger partial charge in [-0.1, -0.05) is 59.1 Å². The first kappa shape index (κ1) is 23.6. The van der Waals surface area contributed by atoms with Gasteiger partial charge in [-0.3, -0.25) is 0 Å². The molecule has 4 nitrogen and oxygen atoms in total. The van der Waals surface area contributed by atoms with E-state index in [1.54, 1.807) is 0 Å². The van der Waals surface area contributed by atoms with E-state index in [9.17, 15) is 5.11 Å². The zero-order chi connectivity index (χ0) is 19.2. The Hall–Kier alpha value is -1.39. The number of fused-ring (bicyclic) bond motifs is 1. The third kappa shape index (κ3) is 7.17. The Morgan fingerprint density at radius 3 is 2.28 bits per heavy atom. The average Bonchev–Trinajstić information content (AvgIpc) is 2.69. The number of aliphatic hydroxyl groups is 1. The molecule has 0 spiro atoms.